The molecule has 0 atom stereocenters. The number of rotatable bonds is 7. The van der Waals surface area contributed by atoms with E-state index in [-0.39, 0.29) is 18.3 Å². The molecule has 0 bridgehead atoms. The molecular formula is C25H25F3N4O2. The molecule has 0 unspecified atom stereocenters. The molecule has 178 valence electrons. The third-order valence-corrected chi connectivity index (χ3v) is 6.10. The number of alkyl halides is 3. The molecule has 1 fully saturated rings. The van der Waals surface area contributed by atoms with Crippen LogP contribution in [0.25, 0.3) is 0 Å². The number of anilines is 1. The number of halogens is 3. The van der Waals surface area contributed by atoms with Crippen LogP contribution in [0.3, 0.4) is 0 Å². The predicted molar refractivity (Wildman–Crippen MR) is 121 cm³/mol. The number of fused-ring (bicyclic) bond motifs is 1. The summed E-state index contributed by atoms with van der Waals surface area (Å²) in [7, 11) is 0. The molecule has 3 aromatic rings. The first-order valence-electron chi connectivity index (χ1n) is 11.3. The minimum absolute atomic E-state index is 0.0707. The molecule has 9 heteroatoms. The van der Waals surface area contributed by atoms with E-state index in [1.807, 2.05) is 39.8 Å². The Hall–Kier alpha value is -3.49. The molecule has 1 aliphatic heterocycles. The summed E-state index contributed by atoms with van der Waals surface area (Å²) in [5.74, 6) is 1.52. The monoisotopic (exact) mass is 470 g/mol. The van der Waals surface area contributed by atoms with E-state index in [0.29, 0.717) is 42.9 Å². The lowest BCUT2D eigenvalue weighted by atomic mass is 10.2. The number of hydrogen-bond acceptors (Lipinski definition) is 4. The number of nitrogens with one attached hydrogen (secondary N) is 1. The van der Waals surface area contributed by atoms with E-state index in [1.165, 1.54) is 12.1 Å². The smallest absolute Gasteiger partial charge is 0.416 e. The zero-order chi connectivity index (χ0) is 23.7. The zero-order valence-corrected chi connectivity index (χ0v) is 18.5. The predicted octanol–water partition coefficient (Wildman–Crippen LogP) is 4.81. The van der Waals surface area contributed by atoms with Gasteiger partial charge in [-0.15, -0.1) is 0 Å². The summed E-state index contributed by atoms with van der Waals surface area (Å²) in [6.07, 6.45) is -2.17. The summed E-state index contributed by atoms with van der Waals surface area (Å²) in [6, 6.07) is 14.4. The molecule has 1 amide bonds. The van der Waals surface area contributed by atoms with Crippen molar-refractivity contribution in [2.75, 3.05) is 25.0 Å². The lowest BCUT2D eigenvalue weighted by Gasteiger charge is -2.21. The van der Waals surface area contributed by atoms with Gasteiger partial charge in [-0.3, -0.25) is 4.79 Å². The van der Waals surface area contributed by atoms with Gasteiger partial charge >= 0.3 is 6.18 Å². The van der Waals surface area contributed by atoms with Gasteiger partial charge in [-0.25, -0.2) is 4.98 Å². The number of benzene rings is 2. The number of imidazole rings is 1. The second kappa shape index (κ2) is 9.04. The molecule has 1 aromatic heterocycles. The number of aromatic nitrogens is 2. The van der Waals surface area contributed by atoms with Gasteiger partial charge < -0.3 is 19.5 Å². The second-order valence-corrected chi connectivity index (χ2v) is 8.73. The van der Waals surface area contributed by atoms with Gasteiger partial charge in [-0.05, 0) is 42.5 Å². The molecule has 2 aromatic carbocycles. The van der Waals surface area contributed by atoms with Crippen molar-refractivity contribution in [3.8, 4) is 5.75 Å². The maximum atomic E-state index is 13.5. The Balaban J connectivity index is 1.46. The number of nitrogens with zero attached hydrogens (tertiary/aromatic N) is 3. The zero-order valence-electron chi connectivity index (χ0n) is 18.5. The van der Waals surface area contributed by atoms with Crippen LogP contribution in [0, 0.1) is 5.92 Å². The fraction of sp³-hybridized carbons (Fsp3) is 0.360. The van der Waals surface area contributed by atoms with Gasteiger partial charge in [-0.2, -0.15) is 13.2 Å². The summed E-state index contributed by atoms with van der Waals surface area (Å²) in [6.45, 7) is 2.25. The van der Waals surface area contributed by atoms with Gasteiger partial charge in [0, 0.05) is 26.2 Å². The van der Waals surface area contributed by atoms with Gasteiger partial charge in [0.15, 0.2) is 11.5 Å². The van der Waals surface area contributed by atoms with E-state index >= 15 is 0 Å². The van der Waals surface area contributed by atoms with E-state index in [2.05, 4.69) is 10.3 Å². The van der Waals surface area contributed by atoms with E-state index in [9.17, 15) is 18.0 Å². The van der Waals surface area contributed by atoms with Gasteiger partial charge in [0.25, 0.3) is 5.91 Å². The number of carbonyl (C=O) groups excluding carboxylic acids is 1. The van der Waals surface area contributed by atoms with Gasteiger partial charge in [-0.1, -0.05) is 36.4 Å². The topological polar surface area (TPSA) is 59.4 Å². The molecular weight excluding hydrogens is 445 g/mol. The van der Waals surface area contributed by atoms with Crippen molar-refractivity contribution in [3.05, 3.63) is 77.2 Å². The van der Waals surface area contributed by atoms with Crippen molar-refractivity contribution in [2.45, 2.75) is 32.2 Å². The van der Waals surface area contributed by atoms with E-state index < -0.39 is 11.7 Å². The molecule has 2 aliphatic rings. The Morgan fingerprint density at radius 1 is 1.09 bits per heavy atom. The van der Waals surface area contributed by atoms with Crippen LogP contribution in [-0.2, 0) is 19.3 Å². The molecule has 2 heterocycles. The molecule has 1 N–H and O–H groups in total. The Labute approximate surface area is 195 Å². The first kappa shape index (κ1) is 22.3. The Morgan fingerprint density at radius 3 is 2.62 bits per heavy atom. The summed E-state index contributed by atoms with van der Waals surface area (Å²) >= 11 is 0. The van der Waals surface area contributed by atoms with Crippen molar-refractivity contribution in [2.24, 2.45) is 5.92 Å². The van der Waals surface area contributed by atoms with Crippen LogP contribution in [0.4, 0.5) is 19.0 Å². The molecule has 5 rings (SSSR count). The fourth-order valence-corrected chi connectivity index (χ4v) is 4.14. The van der Waals surface area contributed by atoms with Crippen LogP contribution < -0.4 is 10.1 Å². The minimum atomic E-state index is -4.45. The van der Waals surface area contributed by atoms with Gasteiger partial charge in [0.05, 0.1) is 5.56 Å². The van der Waals surface area contributed by atoms with Crippen LogP contribution in [-0.4, -0.2) is 40.0 Å². The minimum Gasteiger partial charge on any atom is -0.486 e. The van der Waals surface area contributed by atoms with Crippen LogP contribution >= 0.6 is 0 Å². The summed E-state index contributed by atoms with van der Waals surface area (Å²) in [5, 5.41) is 3.25. The summed E-state index contributed by atoms with van der Waals surface area (Å²) < 4.78 is 46.8. The SMILES string of the molecule is O=C1c2c(nc(COc3cccc(C(F)(F)F)c3)n2Cc2ccccc2)NCCN1CC1CC1. The molecule has 1 saturated carbocycles. The van der Waals surface area contributed by atoms with Crippen LogP contribution in [0.15, 0.2) is 54.6 Å². The highest BCUT2D eigenvalue weighted by Gasteiger charge is 2.34. The highest BCUT2D eigenvalue weighted by atomic mass is 19.4. The molecule has 0 radical (unpaired) electrons. The van der Waals surface area contributed by atoms with E-state index in [0.717, 1.165) is 37.1 Å². The number of hydrogen-bond donors (Lipinski definition) is 1. The van der Waals surface area contributed by atoms with Crippen molar-refractivity contribution in [3.63, 3.8) is 0 Å². The maximum Gasteiger partial charge on any atom is 0.416 e. The normalized spacial score (nSPS) is 16.1. The Morgan fingerprint density at radius 2 is 1.88 bits per heavy atom. The van der Waals surface area contributed by atoms with Gasteiger partial charge in [0.2, 0.25) is 0 Å². The first-order valence-corrected chi connectivity index (χ1v) is 11.3. The number of ether oxygens (including phenoxy) is 1. The molecule has 34 heavy (non-hydrogen) atoms. The molecule has 6 nitrogen and oxygen atoms in total. The summed E-state index contributed by atoms with van der Waals surface area (Å²) in [4.78, 5) is 20.0. The standard InChI is InChI=1S/C25H25F3N4O2/c26-25(27,28)19-7-4-8-20(13-19)34-16-21-30-23-22(32(21)15-17-5-2-1-3-6-17)24(33)31(12-11-29-23)14-18-9-10-18/h1-8,13,18,29H,9-12,14-16H2. The van der Waals surface area contributed by atoms with Crippen LogP contribution in [0.2, 0.25) is 0 Å². The third kappa shape index (κ3) is 4.88. The maximum absolute atomic E-state index is 13.5. The Kier molecular flexibility index (Phi) is 5.93. The van der Waals surface area contributed by atoms with Crippen molar-refractivity contribution in [1.29, 1.82) is 0 Å². The summed E-state index contributed by atoms with van der Waals surface area (Å²) in [5.41, 5.74) is 0.666. The number of amides is 1. The average Bonchev–Trinajstić information content (AvgIpc) is 3.60. The van der Waals surface area contributed by atoms with Crippen molar-refractivity contribution < 1.29 is 22.7 Å². The molecule has 1 aliphatic carbocycles. The highest BCUT2D eigenvalue weighted by Crippen LogP contribution is 2.33. The quantitative estimate of drug-likeness (QED) is 0.539. The Bertz CT molecular complexity index is 1170. The molecule has 0 saturated heterocycles. The van der Waals surface area contributed by atoms with Crippen molar-refractivity contribution in [1.82, 2.24) is 14.5 Å². The van der Waals surface area contributed by atoms with Crippen LogP contribution in [0.1, 0.15) is 40.3 Å². The largest absolute Gasteiger partial charge is 0.486 e. The lowest BCUT2D eigenvalue weighted by molar-refractivity contribution is -0.137. The molecule has 0 spiro atoms. The first-order chi connectivity index (χ1) is 16.4. The van der Waals surface area contributed by atoms with E-state index in [4.69, 9.17) is 4.74 Å². The van der Waals surface area contributed by atoms with Crippen LogP contribution in [0.5, 0.6) is 5.75 Å². The van der Waals surface area contributed by atoms with Gasteiger partial charge in [0.1, 0.15) is 18.2 Å². The van der Waals surface area contributed by atoms with E-state index in [1.54, 1.807) is 0 Å². The fourth-order valence-electron chi connectivity index (χ4n) is 4.14. The average molecular weight is 470 g/mol. The van der Waals surface area contributed by atoms with Crippen molar-refractivity contribution >= 4 is 11.7 Å². The third-order valence-electron chi connectivity index (χ3n) is 6.10. The highest BCUT2D eigenvalue weighted by molar-refractivity contribution is 5.98. The lowest BCUT2D eigenvalue weighted by Crippen LogP contribution is -2.35. The second-order valence-electron chi connectivity index (χ2n) is 8.73. The number of carbonyl (C=O) groups is 1.